The number of nitrogens with one attached hydrogen (secondary N) is 2. The predicted molar refractivity (Wildman–Crippen MR) is 116 cm³/mol. The van der Waals surface area contributed by atoms with E-state index in [4.69, 9.17) is 9.57 Å². The molecule has 0 aliphatic rings. The highest BCUT2D eigenvalue weighted by Gasteiger charge is 2.32. The first-order valence-corrected chi connectivity index (χ1v) is 10.1. The van der Waals surface area contributed by atoms with Gasteiger partial charge in [-0.3, -0.25) is 4.84 Å². The predicted octanol–water partition coefficient (Wildman–Crippen LogP) is 1.13. The van der Waals surface area contributed by atoms with E-state index >= 15 is 0 Å². The summed E-state index contributed by atoms with van der Waals surface area (Å²) in [7, 11) is 0. The number of imidazole rings is 1. The first-order chi connectivity index (χ1) is 14.9. The summed E-state index contributed by atoms with van der Waals surface area (Å²) in [6.07, 6.45) is 1.61. The molecule has 3 N–H and O–H groups in total. The van der Waals surface area contributed by atoms with Gasteiger partial charge in [0.25, 0.3) is 0 Å². The zero-order valence-electron chi connectivity index (χ0n) is 19.1. The van der Waals surface area contributed by atoms with Gasteiger partial charge in [0.2, 0.25) is 0 Å². The lowest BCUT2D eigenvalue weighted by Gasteiger charge is -2.31. The second kappa shape index (κ2) is 12.6. The molecule has 0 aliphatic heterocycles. The molecule has 1 rings (SSSR count). The number of aromatic nitrogens is 2. The summed E-state index contributed by atoms with van der Waals surface area (Å²) in [6, 6.07) is -1.25. The van der Waals surface area contributed by atoms with Crippen molar-refractivity contribution in [3.8, 4) is 0 Å². The highest BCUT2D eigenvalue weighted by atomic mass is 16.6. The molecule has 1 heterocycles. The summed E-state index contributed by atoms with van der Waals surface area (Å²) in [4.78, 5) is 41.2. The first-order valence-electron chi connectivity index (χ1n) is 10.1. The molecule has 1 aromatic rings. The Balaban J connectivity index is 2.39. The number of aliphatic hydroxyl groups excluding tert-OH is 1. The van der Waals surface area contributed by atoms with Gasteiger partial charge in [0.1, 0.15) is 30.6 Å². The standard InChI is InChI=1S/C18H33N7O7/c1-13(21-27)17(2,3)20-7-9-32-23-18(4,5)15(22-28)12-31-11-14(26)10-24-8-6-19-16(24)25(29)30/h6,8,13-15,20,23,26H,7,9-12H2,1-5H3. The van der Waals surface area contributed by atoms with Crippen LogP contribution in [0.25, 0.3) is 0 Å². The fraction of sp³-hybridized carbons (Fsp3) is 0.833. The second-order valence-electron chi connectivity index (χ2n) is 8.55. The minimum absolute atomic E-state index is 0.0815. The average molecular weight is 460 g/mol. The Kier molecular flexibility index (Phi) is 10.9. The van der Waals surface area contributed by atoms with E-state index in [1.165, 1.54) is 17.0 Å². The van der Waals surface area contributed by atoms with Crippen molar-refractivity contribution >= 4 is 5.95 Å². The maximum Gasteiger partial charge on any atom is 0.434 e. The van der Waals surface area contributed by atoms with Crippen molar-refractivity contribution in [3.63, 3.8) is 0 Å². The van der Waals surface area contributed by atoms with E-state index in [0.29, 0.717) is 6.54 Å². The molecule has 1 aromatic heterocycles. The number of nitroso groups, excluding NO2 is 2. The molecule has 0 saturated heterocycles. The quantitative estimate of drug-likeness (QED) is 0.132. The van der Waals surface area contributed by atoms with Gasteiger partial charge in [0, 0.05) is 12.1 Å². The summed E-state index contributed by atoms with van der Waals surface area (Å²) >= 11 is 0. The molecule has 0 aliphatic carbocycles. The van der Waals surface area contributed by atoms with Crippen LogP contribution in [-0.4, -0.2) is 75.2 Å². The fourth-order valence-corrected chi connectivity index (χ4v) is 2.59. The highest BCUT2D eigenvalue weighted by molar-refractivity contribution is 5.06. The van der Waals surface area contributed by atoms with Crippen molar-refractivity contribution in [2.24, 2.45) is 10.4 Å². The minimum atomic E-state index is -1.04. The number of nitro groups is 1. The molecule has 14 heteroatoms. The van der Waals surface area contributed by atoms with E-state index in [2.05, 4.69) is 26.1 Å². The summed E-state index contributed by atoms with van der Waals surface area (Å²) in [5.41, 5.74) is 1.43. The van der Waals surface area contributed by atoms with Gasteiger partial charge in [-0.2, -0.15) is 15.3 Å². The summed E-state index contributed by atoms with van der Waals surface area (Å²) in [5.74, 6) is -0.381. The van der Waals surface area contributed by atoms with Crippen LogP contribution in [0.4, 0.5) is 5.95 Å². The molecule has 0 spiro atoms. The zero-order chi connectivity index (χ0) is 24.4. The van der Waals surface area contributed by atoms with Crippen LogP contribution in [0.1, 0.15) is 34.6 Å². The van der Waals surface area contributed by atoms with Gasteiger partial charge in [-0.1, -0.05) is 15.3 Å². The number of aliphatic hydroxyl groups is 1. The van der Waals surface area contributed by atoms with Gasteiger partial charge in [-0.25, -0.2) is 4.57 Å². The van der Waals surface area contributed by atoms with Crippen LogP contribution in [0, 0.1) is 19.9 Å². The van der Waals surface area contributed by atoms with E-state index in [1.807, 2.05) is 13.8 Å². The average Bonchev–Trinajstić information content (AvgIpc) is 3.18. The minimum Gasteiger partial charge on any atom is -0.390 e. The van der Waals surface area contributed by atoms with E-state index < -0.39 is 34.2 Å². The van der Waals surface area contributed by atoms with Crippen molar-refractivity contribution in [3.05, 3.63) is 32.3 Å². The van der Waals surface area contributed by atoms with E-state index in [-0.39, 0.29) is 32.3 Å². The lowest BCUT2D eigenvalue weighted by Crippen LogP contribution is -2.52. The number of ether oxygens (including phenoxy) is 1. The number of hydroxylamine groups is 1. The van der Waals surface area contributed by atoms with E-state index in [0.717, 1.165) is 0 Å². The normalized spacial score (nSPS) is 15.2. The molecule has 3 unspecified atom stereocenters. The van der Waals surface area contributed by atoms with Crippen LogP contribution in [0.3, 0.4) is 0 Å². The van der Waals surface area contributed by atoms with Crippen molar-refractivity contribution in [1.82, 2.24) is 20.3 Å². The van der Waals surface area contributed by atoms with Crippen molar-refractivity contribution in [2.75, 3.05) is 26.4 Å². The molecule has 182 valence electrons. The molecule has 0 aromatic carbocycles. The van der Waals surface area contributed by atoms with Crippen LogP contribution in [0.5, 0.6) is 0 Å². The Morgan fingerprint density at radius 3 is 2.53 bits per heavy atom. The number of rotatable bonds is 17. The molecular formula is C18H33N7O7. The maximum absolute atomic E-state index is 11.3. The Morgan fingerprint density at radius 1 is 1.25 bits per heavy atom. The van der Waals surface area contributed by atoms with Gasteiger partial charge >= 0.3 is 5.95 Å². The van der Waals surface area contributed by atoms with Crippen molar-refractivity contribution in [1.29, 1.82) is 0 Å². The van der Waals surface area contributed by atoms with Crippen LogP contribution in [-0.2, 0) is 16.1 Å². The molecule has 0 amide bonds. The van der Waals surface area contributed by atoms with E-state index in [1.54, 1.807) is 20.8 Å². The van der Waals surface area contributed by atoms with Crippen LogP contribution >= 0.6 is 0 Å². The van der Waals surface area contributed by atoms with Crippen molar-refractivity contribution in [2.45, 2.75) is 70.4 Å². The first kappa shape index (κ1) is 27.6. The lowest BCUT2D eigenvalue weighted by molar-refractivity contribution is -0.397. The zero-order valence-corrected chi connectivity index (χ0v) is 19.1. The molecule has 3 atom stereocenters. The Bertz CT molecular complexity index is 741. The van der Waals surface area contributed by atoms with Gasteiger partial charge in [0.15, 0.2) is 0 Å². The summed E-state index contributed by atoms with van der Waals surface area (Å²) in [5, 5.41) is 30.2. The van der Waals surface area contributed by atoms with Crippen molar-refractivity contribution < 1.29 is 19.6 Å². The Morgan fingerprint density at radius 2 is 1.94 bits per heavy atom. The molecule has 14 nitrogen and oxygen atoms in total. The SMILES string of the molecule is CC(N=O)C(C)(C)NCCONC(C)(C)C(COCC(O)Cn1ccnc1[N+](=O)[O-])N=O. The van der Waals surface area contributed by atoms with E-state index in [9.17, 15) is 25.0 Å². The third-order valence-corrected chi connectivity index (χ3v) is 5.13. The highest BCUT2D eigenvalue weighted by Crippen LogP contribution is 2.15. The van der Waals surface area contributed by atoms with Gasteiger partial charge < -0.3 is 25.3 Å². The molecule has 0 fully saturated rings. The van der Waals surface area contributed by atoms with Gasteiger partial charge in [-0.15, -0.1) is 0 Å². The fourth-order valence-electron chi connectivity index (χ4n) is 2.59. The van der Waals surface area contributed by atoms with Crippen LogP contribution < -0.4 is 10.8 Å². The second-order valence-corrected chi connectivity index (χ2v) is 8.55. The molecule has 0 saturated carbocycles. The summed E-state index contributed by atoms with van der Waals surface area (Å²) < 4.78 is 6.60. The Hall–Kier alpha value is -2.39. The third-order valence-electron chi connectivity index (χ3n) is 5.13. The number of nitrogens with zero attached hydrogens (tertiary/aromatic N) is 5. The smallest absolute Gasteiger partial charge is 0.390 e. The Labute approximate surface area is 186 Å². The lowest BCUT2D eigenvalue weighted by atomic mass is 9.97. The monoisotopic (exact) mass is 459 g/mol. The maximum atomic E-state index is 11.3. The van der Waals surface area contributed by atoms with Gasteiger partial charge in [0.05, 0.1) is 31.9 Å². The molecule has 32 heavy (non-hydrogen) atoms. The summed E-state index contributed by atoms with van der Waals surface area (Å²) in [6.45, 7) is 9.24. The largest absolute Gasteiger partial charge is 0.434 e. The number of hydrogen-bond donors (Lipinski definition) is 3. The topological polar surface area (TPSA) is 183 Å². The third kappa shape index (κ3) is 8.63. The molecule has 0 bridgehead atoms. The van der Waals surface area contributed by atoms with Crippen LogP contribution in [0.2, 0.25) is 0 Å². The number of hydrogen-bond acceptors (Lipinski definition) is 12. The molecule has 0 radical (unpaired) electrons. The molecular weight excluding hydrogens is 426 g/mol. The van der Waals surface area contributed by atoms with Crippen LogP contribution in [0.15, 0.2) is 22.7 Å². The van der Waals surface area contributed by atoms with Gasteiger partial charge in [-0.05, 0) is 39.5 Å².